The average Bonchev–Trinajstić information content (AvgIpc) is 2.63. The second kappa shape index (κ2) is 5.82. The van der Waals surface area contributed by atoms with Gasteiger partial charge in [0.2, 0.25) is 0 Å². The molecule has 1 rings (SSSR count). The van der Waals surface area contributed by atoms with Crippen molar-refractivity contribution in [2.45, 2.75) is 19.4 Å². The molecule has 5 heteroatoms. The summed E-state index contributed by atoms with van der Waals surface area (Å²) in [6.07, 6.45) is 0.591. The van der Waals surface area contributed by atoms with Gasteiger partial charge in [-0.1, -0.05) is 0 Å². The van der Waals surface area contributed by atoms with Gasteiger partial charge in [0.05, 0.1) is 32.5 Å². The number of carbonyl (C=O) groups is 1. The molecule has 82 valence electrons. The molecule has 1 unspecified atom stereocenters. The first kappa shape index (κ1) is 11.3. The lowest BCUT2D eigenvalue weighted by molar-refractivity contribution is 0.0328. The molecular weight excluding hydrogens is 186 g/mol. The van der Waals surface area contributed by atoms with Crippen molar-refractivity contribution in [3.8, 4) is 0 Å². The summed E-state index contributed by atoms with van der Waals surface area (Å²) in [4.78, 5) is 12.9. The first-order valence-corrected chi connectivity index (χ1v) is 4.92. The van der Waals surface area contributed by atoms with E-state index in [0.717, 1.165) is 6.42 Å². The maximum Gasteiger partial charge on any atom is 0.409 e. The molecule has 1 aliphatic heterocycles. The van der Waals surface area contributed by atoms with Crippen molar-refractivity contribution < 1.29 is 19.4 Å². The molecule has 0 spiro atoms. The number of nitrogens with zero attached hydrogens (tertiary/aromatic N) is 1. The number of carbonyl (C=O) groups excluding carboxylic acids is 1. The standard InChI is InChI=1S/C9H17NO4/c1-2-13-9(12)10-4-3-8(7-10)14-6-5-11/h8,11H,2-7H2,1H3. The molecule has 0 aliphatic carbocycles. The van der Waals surface area contributed by atoms with E-state index in [9.17, 15) is 4.79 Å². The van der Waals surface area contributed by atoms with Crippen molar-refractivity contribution >= 4 is 6.09 Å². The van der Waals surface area contributed by atoms with Gasteiger partial charge in [-0.05, 0) is 13.3 Å². The Morgan fingerprint density at radius 3 is 3.07 bits per heavy atom. The van der Waals surface area contributed by atoms with Gasteiger partial charge in [-0.25, -0.2) is 4.79 Å². The van der Waals surface area contributed by atoms with Crippen molar-refractivity contribution in [1.29, 1.82) is 0 Å². The molecule has 0 aromatic heterocycles. The highest BCUT2D eigenvalue weighted by Crippen LogP contribution is 2.13. The molecule has 0 radical (unpaired) electrons. The lowest BCUT2D eigenvalue weighted by atomic mass is 10.3. The van der Waals surface area contributed by atoms with Crippen LogP contribution in [0.1, 0.15) is 13.3 Å². The van der Waals surface area contributed by atoms with Gasteiger partial charge in [0.25, 0.3) is 0 Å². The fourth-order valence-electron chi connectivity index (χ4n) is 1.46. The third kappa shape index (κ3) is 3.16. The Morgan fingerprint density at radius 1 is 1.64 bits per heavy atom. The summed E-state index contributed by atoms with van der Waals surface area (Å²) in [7, 11) is 0. The molecule has 0 aromatic carbocycles. The SMILES string of the molecule is CCOC(=O)N1CCC(OCCO)C1. The van der Waals surface area contributed by atoms with Crippen LogP contribution in [0.3, 0.4) is 0 Å². The summed E-state index contributed by atoms with van der Waals surface area (Å²) in [6, 6.07) is 0. The predicted octanol–water partition coefficient (Wildman–Crippen LogP) is 0.226. The minimum Gasteiger partial charge on any atom is -0.450 e. The van der Waals surface area contributed by atoms with E-state index in [2.05, 4.69) is 0 Å². The first-order valence-electron chi connectivity index (χ1n) is 4.92. The predicted molar refractivity (Wildman–Crippen MR) is 50.0 cm³/mol. The number of ether oxygens (including phenoxy) is 2. The topological polar surface area (TPSA) is 59.0 Å². The molecule has 14 heavy (non-hydrogen) atoms. The lowest BCUT2D eigenvalue weighted by Gasteiger charge is -2.15. The molecular formula is C9H17NO4. The van der Waals surface area contributed by atoms with Crippen molar-refractivity contribution in [2.75, 3.05) is 32.9 Å². The Bertz CT molecular complexity index is 186. The van der Waals surface area contributed by atoms with Crippen LogP contribution in [-0.4, -0.2) is 55.1 Å². The number of rotatable bonds is 4. The average molecular weight is 203 g/mol. The summed E-state index contributed by atoms with van der Waals surface area (Å²) in [5.41, 5.74) is 0. The Morgan fingerprint density at radius 2 is 2.43 bits per heavy atom. The molecule has 1 heterocycles. The van der Waals surface area contributed by atoms with E-state index in [0.29, 0.717) is 26.3 Å². The van der Waals surface area contributed by atoms with Crippen LogP contribution in [0, 0.1) is 0 Å². The van der Waals surface area contributed by atoms with Crippen LogP contribution >= 0.6 is 0 Å². The van der Waals surface area contributed by atoms with Gasteiger partial charge in [0.1, 0.15) is 0 Å². The van der Waals surface area contributed by atoms with E-state index in [1.54, 1.807) is 11.8 Å². The van der Waals surface area contributed by atoms with Crippen molar-refractivity contribution in [3.63, 3.8) is 0 Å². The van der Waals surface area contributed by atoms with E-state index in [1.807, 2.05) is 0 Å². The third-order valence-corrected chi connectivity index (χ3v) is 2.12. The molecule has 0 saturated carbocycles. The van der Waals surface area contributed by atoms with Crippen molar-refractivity contribution in [1.82, 2.24) is 4.90 Å². The van der Waals surface area contributed by atoms with Crippen LogP contribution in [0.4, 0.5) is 4.79 Å². The van der Waals surface area contributed by atoms with Gasteiger partial charge in [0, 0.05) is 6.54 Å². The highest BCUT2D eigenvalue weighted by atomic mass is 16.6. The Hall–Kier alpha value is -0.810. The third-order valence-electron chi connectivity index (χ3n) is 2.12. The van der Waals surface area contributed by atoms with E-state index in [1.165, 1.54) is 0 Å². The zero-order valence-corrected chi connectivity index (χ0v) is 8.44. The number of aliphatic hydroxyl groups excluding tert-OH is 1. The number of likely N-dealkylation sites (tertiary alicyclic amines) is 1. The Labute approximate surface area is 83.6 Å². The minimum absolute atomic E-state index is 0.0237. The van der Waals surface area contributed by atoms with Crippen LogP contribution < -0.4 is 0 Å². The zero-order chi connectivity index (χ0) is 10.4. The van der Waals surface area contributed by atoms with E-state index in [-0.39, 0.29) is 18.8 Å². The van der Waals surface area contributed by atoms with Gasteiger partial charge >= 0.3 is 6.09 Å². The monoisotopic (exact) mass is 203 g/mol. The summed E-state index contributed by atoms with van der Waals surface area (Å²) < 4.78 is 10.2. The quantitative estimate of drug-likeness (QED) is 0.710. The van der Waals surface area contributed by atoms with Crippen LogP contribution in [0.15, 0.2) is 0 Å². The number of aliphatic hydroxyl groups is 1. The first-order chi connectivity index (χ1) is 6.77. The van der Waals surface area contributed by atoms with Gasteiger partial charge in [0.15, 0.2) is 0 Å². The maximum absolute atomic E-state index is 11.3. The number of hydrogen-bond donors (Lipinski definition) is 1. The van der Waals surface area contributed by atoms with E-state index in [4.69, 9.17) is 14.6 Å². The lowest BCUT2D eigenvalue weighted by Crippen LogP contribution is -2.30. The fourth-order valence-corrected chi connectivity index (χ4v) is 1.46. The molecule has 1 N–H and O–H groups in total. The van der Waals surface area contributed by atoms with Crippen molar-refractivity contribution in [3.05, 3.63) is 0 Å². The van der Waals surface area contributed by atoms with Gasteiger partial charge < -0.3 is 19.5 Å². The molecule has 1 saturated heterocycles. The second-order valence-electron chi connectivity index (χ2n) is 3.15. The molecule has 1 fully saturated rings. The van der Waals surface area contributed by atoms with Gasteiger partial charge in [-0.3, -0.25) is 0 Å². The molecule has 0 aromatic rings. The highest BCUT2D eigenvalue weighted by molar-refractivity contribution is 5.67. The molecule has 1 atom stereocenters. The second-order valence-corrected chi connectivity index (χ2v) is 3.15. The van der Waals surface area contributed by atoms with Crippen LogP contribution in [0.25, 0.3) is 0 Å². The molecule has 5 nitrogen and oxygen atoms in total. The summed E-state index contributed by atoms with van der Waals surface area (Å²) in [5, 5.41) is 8.56. The zero-order valence-electron chi connectivity index (χ0n) is 8.44. The smallest absolute Gasteiger partial charge is 0.409 e. The Balaban J connectivity index is 2.22. The van der Waals surface area contributed by atoms with Crippen molar-refractivity contribution in [2.24, 2.45) is 0 Å². The van der Waals surface area contributed by atoms with Crippen LogP contribution in [0.2, 0.25) is 0 Å². The molecule has 1 amide bonds. The maximum atomic E-state index is 11.3. The Kier molecular flexibility index (Phi) is 4.69. The van der Waals surface area contributed by atoms with Crippen LogP contribution in [0.5, 0.6) is 0 Å². The minimum atomic E-state index is -0.275. The fraction of sp³-hybridized carbons (Fsp3) is 0.889. The van der Waals surface area contributed by atoms with Gasteiger partial charge in [-0.2, -0.15) is 0 Å². The largest absolute Gasteiger partial charge is 0.450 e. The summed E-state index contributed by atoms with van der Waals surface area (Å²) in [6.45, 7) is 3.79. The normalized spacial score (nSPS) is 21.3. The number of hydrogen-bond acceptors (Lipinski definition) is 4. The molecule has 1 aliphatic rings. The summed E-state index contributed by atoms with van der Waals surface area (Å²) in [5.74, 6) is 0. The van der Waals surface area contributed by atoms with Crippen LogP contribution in [-0.2, 0) is 9.47 Å². The van der Waals surface area contributed by atoms with Gasteiger partial charge in [-0.15, -0.1) is 0 Å². The number of amides is 1. The highest BCUT2D eigenvalue weighted by Gasteiger charge is 2.27. The molecule has 0 bridgehead atoms. The summed E-state index contributed by atoms with van der Waals surface area (Å²) >= 11 is 0. The van der Waals surface area contributed by atoms with E-state index >= 15 is 0 Å². The van der Waals surface area contributed by atoms with E-state index < -0.39 is 0 Å².